The summed E-state index contributed by atoms with van der Waals surface area (Å²) < 4.78 is 26.9. The maximum absolute atomic E-state index is 13.9. The normalized spacial score (nSPS) is 11.9. The van der Waals surface area contributed by atoms with Crippen LogP contribution in [0, 0.1) is 11.6 Å². The molecule has 0 aliphatic rings. The van der Waals surface area contributed by atoms with Crippen LogP contribution in [-0.2, 0) is 4.79 Å². The maximum Gasteiger partial charge on any atom is 0.331 e. The van der Waals surface area contributed by atoms with Gasteiger partial charge in [0.1, 0.15) is 11.6 Å². The van der Waals surface area contributed by atoms with Crippen LogP contribution in [0.2, 0.25) is 0 Å². The van der Waals surface area contributed by atoms with Gasteiger partial charge in [0.25, 0.3) is 5.91 Å². The summed E-state index contributed by atoms with van der Waals surface area (Å²) in [5.74, 6) is -4.03. The SMILES string of the molecule is O=C(NC(C(=O)O)c1ccc(F)cc1F)c1ccc2ncccc2c1. The molecule has 1 unspecified atom stereocenters. The molecule has 1 atom stereocenters. The Balaban J connectivity index is 1.91. The fourth-order valence-corrected chi connectivity index (χ4v) is 2.44. The molecule has 7 heteroatoms. The Morgan fingerprint density at radius 3 is 2.60 bits per heavy atom. The van der Waals surface area contributed by atoms with Crippen molar-refractivity contribution >= 4 is 22.8 Å². The van der Waals surface area contributed by atoms with Crippen molar-refractivity contribution in [2.24, 2.45) is 0 Å². The average molecular weight is 342 g/mol. The van der Waals surface area contributed by atoms with Crippen LogP contribution in [0.4, 0.5) is 8.78 Å². The highest BCUT2D eigenvalue weighted by molar-refractivity contribution is 5.99. The molecule has 3 rings (SSSR count). The lowest BCUT2D eigenvalue weighted by Gasteiger charge is -2.16. The molecule has 0 spiro atoms. The van der Waals surface area contributed by atoms with Crippen molar-refractivity contribution in [3.63, 3.8) is 0 Å². The van der Waals surface area contributed by atoms with Crippen LogP contribution < -0.4 is 5.32 Å². The Morgan fingerprint density at radius 2 is 1.88 bits per heavy atom. The van der Waals surface area contributed by atoms with E-state index in [9.17, 15) is 23.5 Å². The first-order chi connectivity index (χ1) is 12.0. The Hall–Kier alpha value is -3.35. The molecule has 2 N–H and O–H groups in total. The van der Waals surface area contributed by atoms with Crippen LogP contribution in [0.25, 0.3) is 10.9 Å². The third kappa shape index (κ3) is 3.45. The minimum absolute atomic E-state index is 0.203. The van der Waals surface area contributed by atoms with Crippen LogP contribution in [0.1, 0.15) is 22.0 Å². The van der Waals surface area contributed by atoms with Gasteiger partial charge in [-0.2, -0.15) is 0 Å². The molecule has 1 amide bonds. The molecule has 2 aromatic carbocycles. The number of pyridine rings is 1. The number of carboxylic acid groups (broad SMARTS) is 1. The molecule has 3 aromatic rings. The van der Waals surface area contributed by atoms with E-state index < -0.39 is 29.6 Å². The number of fused-ring (bicyclic) bond motifs is 1. The van der Waals surface area contributed by atoms with Gasteiger partial charge in [-0.25, -0.2) is 13.6 Å². The number of benzene rings is 2. The van der Waals surface area contributed by atoms with Gasteiger partial charge in [-0.1, -0.05) is 12.1 Å². The molecule has 126 valence electrons. The van der Waals surface area contributed by atoms with E-state index in [-0.39, 0.29) is 11.1 Å². The predicted molar refractivity (Wildman–Crippen MR) is 85.9 cm³/mol. The molecule has 0 aliphatic carbocycles. The molecule has 0 saturated heterocycles. The number of carboxylic acids is 1. The molecule has 0 aliphatic heterocycles. The monoisotopic (exact) mass is 342 g/mol. The average Bonchev–Trinajstić information content (AvgIpc) is 2.59. The smallest absolute Gasteiger partial charge is 0.331 e. The number of halogens is 2. The molecule has 0 bridgehead atoms. The molecule has 0 saturated carbocycles. The zero-order valence-corrected chi connectivity index (χ0v) is 12.7. The van der Waals surface area contributed by atoms with Gasteiger partial charge in [-0.05, 0) is 30.3 Å². The highest BCUT2D eigenvalue weighted by atomic mass is 19.1. The van der Waals surface area contributed by atoms with Gasteiger partial charge >= 0.3 is 5.97 Å². The quantitative estimate of drug-likeness (QED) is 0.764. The minimum atomic E-state index is -1.64. The first-order valence-corrected chi connectivity index (χ1v) is 7.29. The highest BCUT2D eigenvalue weighted by Crippen LogP contribution is 2.20. The van der Waals surface area contributed by atoms with E-state index in [2.05, 4.69) is 10.3 Å². The van der Waals surface area contributed by atoms with E-state index in [0.29, 0.717) is 17.0 Å². The van der Waals surface area contributed by atoms with Gasteiger partial charge in [0.05, 0.1) is 5.52 Å². The van der Waals surface area contributed by atoms with Gasteiger partial charge in [-0.15, -0.1) is 0 Å². The second kappa shape index (κ2) is 6.64. The molecule has 5 nitrogen and oxygen atoms in total. The standard InChI is InChI=1S/C18H12F2N2O3/c19-12-4-5-13(14(20)9-12)16(18(24)25)22-17(23)11-3-6-15-10(8-11)2-1-7-21-15/h1-9,16H,(H,22,23)(H,24,25). The van der Waals surface area contributed by atoms with E-state index >= 15 is 0 Å². The van der Waals surface area contributed by atoms with Crippen LogP contribution in [-0.4, -0.2) is 22.0 Å². The van der Waals surface area contributed by atoms with Crippen molar-refractivity contribution < 1.29 is 23.5 Å². The molecule has 0 fully saturated rings. The van der Waals surface area contributed by atoms with Crippen molar-refractivity contribution in [1.82, 2.24) is 10.3 Å². The number of amides is 1. The Bertz CT molecular complexity index is 975. The summed E-state index contributed by atoms with van der Waals surface area (Å²) in [5, 5.41) is 12.3. The maximum atomic E-state index is 13.9. The van der Waals surface area contributed by atoms with E-state index in [1.807, 2.05) is 0 Å². The largest absolute Gasteiger partial charge is 0.479 e. The number of nitrogens with zero attached hydrogens (tertiary/aromatic N) is 1. The van der Waals surface area contributed by atoms with Crippen LogP contribution in [0.15, 0.2) is 54.7 Å². The Labute approximate surface area is 140 Å². The van der Waals surface area contributed by atoms with E-state index in [1.54, 1.807) is 30.5 Å². The number of carbonyl (C=O) groups excluding carboxylic acids is 1. The second-order valence-corrected chi connectivity index (χ2v) is 5.32. The first kappa shape index (κ1) is 16.5. The molecular formula is C18H12F2N2O3. The van der Waals surface area contributed by atoms with Crippen LogP contribution in [0.5, 0.6) is 0 Å². The lowest BCUT2D eigenvalue weighted by atomic mass is 10.0. The molecule has 25 heavy (non-hydrogen) atoms. The lowest BCUT2D eigenvalue weighted by Crippen LogP contribution is -2.34. The van der Waals surface area contributed by atoms with Crippen molar-refractivity contribution in [3.8, 4) is 0 Å². The predicted octanol–water partition coefficient (Wildman–Crippen LogP) is 3.07. The highest BCUT2D eigenvalue weighted by Gasteiger charge is 2.26. The Kier molecular flexibility index (Phi) is 4.38. The number of hydrogen-bond acceptors (Lipinski definition) is 3. The number of aliphatic carboxylic acids is 1. The van der Waals surface area contributed by atoms with E-state index in [0.717, 1.165) is 12.1 Å². The van der Waals surface area contributed by atoms with Crippen molar-refractivity contribution in [1.29, 1.82) is 0 Å². The fourth-order valence-electron chi connectivity index (χ4n) is 2.44. The summed E-state index contributed by atoms with van der Waals surface area (Å²) >= 11 is 0. The number of aromatic nitrogens is 1. The first-order valence-electron chi connectivity index (χ1n) is 7.29. The molecular weight excluding hydrogens is 330 g/mol. The van der Waals surface area contributed by atoms with Gasteiger partial charge in [0, 0.05) is 28.8 Å². The molecule has 0 radical (unpaired) electrons. The number of rotatable bonds is 4. The topological polar surface area (TPSA) is 79.3 Å². The summed E-state index contributed by atoms with van der Waals surface area (Å²) in [7, 11) is 0. The lowest BCUT2D eigenvalue weighted by molar-refractivity contribution is -0.139. The van der Waals surface area contributed by atoms with Crippen molar-refractivity contribution in [3.05, 3.63) is 77.5 Å². The second-order valence-electron chi connectivity index (χ2n) is 5.32. The van der Waals surface area contributed by atoms with Gasteiger partial charge in [-0.3, -0.25) is 9.78 Å². The summed E-state index contributed by atoms with van der Waals surface area (Å²) in [5.41, 5.74) is 0.553. The Morgan fingerprint density at radius 1 is 1.08 bits per heavy atom. The van der Waals surface area contributed by atoms with E-state index in [1.165, 1.54) is 6.07 Å². The number of carbonyl (C=O) groups is 2. The third-order valence-electron chi connectivity index (χ3n) is 3.66. The van der Waals surface area contributed by atoms with Crippen molar-refractivity contribution in [2.75, 3.05) is 0 Å². The molecule has 1 heterocycles. The van der Waals surface area contributed by atoms with E-state index in [4.69, 9.17) is 0 Å². The van der Waals surface area contributed by atoms with Crippen LogP contribution >= 0.6 is 0 Å². The summed E-state index contributed by atoms with van der Waals surface area (Å²) in [6.45, 7) is 0. The minimum Gasteiger partial charge on any atom is -0.479 e. The number of nitrogens with one attached hydrogen (secondary N) is 1. The van der Waals surface area contributed by atoms with Crippen LogP contribution in [0.3, 0.4) is 0 Å². The summed E-state index contributed by atoms with van der Waals surface area (Å²) in [4.78, 5) is 27.9. The van der Waals surface area contributed by atoms with Gasteiger partial charge in [0.2, 0.25) is 0 Å². The zero-order chi connectivity index (χ0) is 18.0. The number of hydrogen-bond donors (Lipinski definition) is 2. The molecule has 1 aromatic heterocycles. The van der Waals surface area contributed by atoms with Crippen molar-refractivity contribution in [2.45, 2.75) is 6.04 Å². The zero-order valence-electron chi connectivity index (χ0n) is 12.7. The summed E-state index contributed by atoms with van der Waals surface area (Å²) in [6, 6.07) is 8.99. The van der Waals surface area contributed by atoms with Gasteiger partial charge in [0.15, 0.2) is 6.04 Å². The summed E-state index contributed by atoms with van der Waals surface area (Å²) in [6.07, 6.45) is 1.61. The fraction of sp³-hybridized carbons (Fsp3) is 0.0556. The van der Waals surface area contributed by atoms with Gasteiger partial charge < -0.3 is 10.4 Å². The third-order valence-corrected chi connectivity index (χ3v) is 3.66.